The van der Waals surface area contributed by atoms with Crippen LogP contribution in [0.25, 0.3) is 22.8 Å². The Bertz CT molecular complexity index is 2100. The Balaban J connectivity index is 1.01. The van der Waals surface area contributed by atoms with Crippen molar-refractivity contribution in [2.24, 2.45) is 0 Å². The molecule has 238 valence electrons. The normalized spacial score (nSPS) is 15.2. The molecule has 3 heterocycles. The number of fused-ring (bicyclic) bond motifs is 4. The van der Waals surface area contributed by atoms with Crippen LogP contribution in [-0.4, -0.2) is 26.3 Å². The summed E-state index contributed by atoms with van der Waals surface area (Å²) in [6.45, 7) is 9.78. The van der Waals surface area contributed by atoms with E-state index in [0.717, 1.165) is 22.5 Å². The first-order chi connectivity index (χ1) is 23.8. The minimum Gasteiger partial charge on any atom is -0.334 e. The van der Waals surface area contributed by atoms with Crippen LogP contribution >= 0.6 is 0 Å². The molecule has 7 aromatic rings. The fraction of sp³-hybridized carbons (Fsp3) is 0.0952. The van der Waals surface area contributed by atoms with Crippen molar-refractivity contribution >= 4 is 71.0 Å². The highest BCUT2D eigenvalue weighted by Crippen LogP contribution is 2.40. The summed E-state index contributed by atoms with van der Waals surface area (Å²) in [6, 6.07) is 52.4. The Kier molecular flexibility index (Phi) is 6.66. The molecule has 9 rings (SSSR count). The Morgan fingerprint density at radius 2 is 0.776 bits per heavy atom. The maximum Gasteiger partial charge on any atom is 0.258 e. The summed E-state index contributed by atoms with van der Waals surface area (Å²) in [5, 5.41) is 10.2. The van der Waals surface area contributed by atoms with Gasteiger partial charge in [-0.1, -0.05) is 104 Å². The highest BCUT2D eigenvalue weighted by molar-refractivity contribution is 7.03. The minimum atomic E-state index is -1.83. The lowest BCUT2D eigenvalue weighted by molar-refractivity contribution is 0.432. The van der Waals surface area contributed by atoms with Gasteiger partial charge in [-0.15, -0.1) is 0 Å². The Morgan fingerprint density at radius 3 is 1.16 bits per heavy atom. The minimum absolute atomic E-state index is 0.504. The van der Waals surface area contributed by atoms with Crippen molar-refractivity contribution in [3.05, 3.63) is 146 Å². The molecule has 0 fully saturated rings. The zero-order valence-corrected chi connectivity index (χ0v) is 30.1. The molecule has 7 heteroatoms. The van der Waals surface area contributed by atoms with E-state index >= 15 is 0 Å². The van der Waals surface area contributed by atoms with Crippen LogP contribution in [0.4, 0.5) is 34.1 Å². The van der Waals surface area contributed by atoms with Crippen LogP contribution in [0.2, 0.25) is 26.2 Å². The van der Waals surface area contributed by atoms with Crippen LogP contribution in [-0.2, 0) is 0 Å². The first-order valence-corrected chi connectivity index (χ1v) is 22.9. The second-order valence-electron chi connectivity index (χ2n) is 14.0. The average Bonchev–Trinajstić information content (AvgIpc) is 3.63. The van der Waals surface area contributed by atoms with Gasteiger partial charge in [0.25, 0.3) is 5.89 Å². The predicted octanol–water partition coefficient (Wildman–Crippen LogP) is 8.62. The average molecular weight is 669 g/mol. The molecule has 5 nitrogen and oxygen atoms in total. The molecule has 1 aromatic heterocycles. The molecule has 2 aliphatic rings. The molecule has 0 radical (unpaired) electrons. The van der Waals surface area contributed by atoms with Crippen LogP contribution in [0.5, 0.6) is 0 Å². The lowest BCUT2D eigenvalue weighted by Crippen LogP contribution is -2.58. The number of para-hydroxylation sites is 4. The molecule has 0 unspecified atom stereocenters. The van der Waals surface area contributed by atoms with Gasteiger partial charge in [0, 0.05) is 45.3 Å². The molecule has 2 aliphatic heterocycles. The fourth-order valence-corrected chi connectivity index (χ4v) is 13.8. The first kappa shape index (κ1) is 29.6. The van der Waals surface area contributed by atoms with Crippen LogP contribution < -0.4 is 30.5 Å². The third-order valence-corrected chi connectivity index (χ3v) is 17.5. The number of anilines is 6. The van der Waals surface area contributed by atoms with Crippen molar-refractivity contribution in [1.29, 1.82) is 0 Å². The summed E-state index contributed by atoms with van der Waals surface area (Å²) in [5.41, 5.74) is 9.07. The van der Waals surface area contributed by atoms with Crippen molar-refractivity contribution in [2.75, 3.05) is 9.80 Å². The van der Waals surface area contributed by atoms with Crippen molar-refractivity contribution in [2.45, 2.75) is 26.2 Å². The number of hydrogen-bond acceptors (Lipinski definition) is 5. The molecule has 0 N–H and O–H groups in total. The standard InChI is InChI=1S/C42H36N4OSi2/c1-48(2)37-17-9-5-13-33(37)45(34-14-6-10-18-38(34)48)31-25-21-29(22-26-31)41-43-42(47-44-41)30-23-27-32(28-24-30)46-35-15-7-11-19-39(35)49(3,4)40-20-12-8-16-36(40)46/h5-28H,1-4H3. The smallest absolute Gasteiger partial charge is 0.258 e. The van der Waals surface area contributed by atoms with E-state index in [-0.39, 0.29) is 0 Å². The summed E-state index contributed by atoms with van der Waals surface area (Å²) in [5.74, 6) is 1.08. The van der Waals surface area contributed by atoms with Crippen molar-refractivity contribution in [1.82, 2.24) is 10.1 Å². The van der Waals surface area contributed by atoms with Gasteiger partial charge in [0.05, 0.1) is 0 Å². The maximum absolute atomic E-state index is 5.82. The van der Waals surface area contributed by atoms with E-state index in [1.165, 1.54) is 43.5 Å². The predicted molar refractivity (Wildman–Crippen MR) is 208 cm³/mol. The Hall–Kier alpha value is -5.51. The summed E-state index contributed by atoms with van der Waals surface area (Å²) in [6.07, 6.45) is 0. The summed E-state index contributed by atoms with van der Waals surface area (Å²) in [7, 11) is -3.65. The van der Waals surface area contributed by atoms with Gasteiger partial charge in [-0.3, -0.25) is 0 Å². The quantitative estimate of drug-likeness (QED) is 0.176. The van der Waals surface area contributed by atoms with E-state index in [4.69, 9.17) is 9.51 Å². The molecule has 0 amide bonds. The zero-order chi connectivity index (χ0) is 33.3. The second-order valence-corrected chi connectivity index (χ2v) is 22.7. The summed E-state index contributed by atoms with van der Waals surface area (Å²) >= 11 is 0. The molecule has 0 saturated heterocycles. The molecule has 6 aromatic carbocycles. The number of rotatable bonds is 4. The van der Waals surface area contributed by atoms with E-state index in [9.17, 15) is 0 Å². The van der Waals surface area contributed by atoms with Crippen molar-refractivity contribution in [3.8, 4) is 22.8 Å². The summed E-state index contributed by atoms with van der Waals surface area (Å²) in [4.78, 5) is 9.59. The number of nitrogens with zero attached hydrogens (tertiary/aromatic N) is 4. The highest BCUT2D eigenvalue weighted by Gasteiger charge is 2.39. The van der Waals surface area contributed by atoms with Gasteiger partial charge in [-0.25, -0.2) is 0 Å². The van der Waals surface area contributed by atoms with Crippen molar-refractivity contribution in [3.63, 3.8) is 0 Å². The third kappa shape index (κ3) is 4.57. The number of aromatic nitrogens is 2. The number of hydrogen-bond donors (Lipinski definition) is 0. The van der Waals surface area contributed by atoms with Gasteiger partial charge in [-0.05, 0) is 93.5 Å². The van der Waals surface area contributed by atoms with E-state index in [0.29, 0.717) is 11.7 Å². The zero-order valence-electron chi connectivity index (χ0n) is 28.1. The van der Waals surface area contributed by atoms with Gasteiger partial charge in [0.1, 0.15) is 16.1 Å². The summed E-state index contributed by atoms with van der Waals surface area (Å²) < 4.78 is 5.82. The van der Waals surface area contributed by atoms with Gasteiger partial charge < -0.3 is 14.3 Å². The molecule has 0 atom stereocenters. The monoisotopic (exact) mass is 668 g/mol. The Labute approximate surface area is 289 Å². The van der Waals surface area contributed by atoms with E-state index < -0.39 is 16.1 Å². The molecular formula is C42H36N4OSi2. The van der Waals surface area contributed by atoms with Gasteiger partial charge in [0.15, 0.2) is 0 Å². The lowest BCUT2D eigenvalue weighted by atomic mass is 10.1. The largest absolute Gasteiger partial charge is 0.334 e. The Morgan fingerprint density at radius 1 is 0.429 bits per heavy atom. The van der Waals surface area contributed by atoms with Crippen molar-refractivity contribution < 1.29 is 4.52 Å². The highest BCUT2D eigenvalue weighted by atomic mass is 28.3. The molecule has 0 saturated carbocycles. The lowest BCUT2D eigenvalue weighted by Gasteiger charge is -2.41. The molecule has 0 spiro atoms. The maximum atomic E-state index is 5.82. The molecule has 49 heavy (non-hydrogen) atoms. The third-order valence-electron chi connectivity index (χ3n) is 10.5. The molecule has 0 aliphatic carbocycles. The van der Waals surface area contributed by atoms with Gasteiger partial charge >= 0.3 is 0 Å². The second kappa shape index (κ2) is 11.0. The van der Waals surface area contributed by atoms with Crippen LogP contribution in [0.1, 0.15) is 0 Å². The topological polar surface area (TPSA) is 45.4 Å². The first-order valence-electron chi connectivity index (χ1n) is 16.9. The molecule has 0 bridgehead atoms. The van der Waals surface area contributed by atoms with Crippen LogP contribution in [0.3, 0.4) is 0 Å². The SMILES string of the molecule is C[Si]1(C)c2ccccc2N(c2ccc(-c3noc(-c4ccc(N5c6ccccc6[Si](C)(C)c6ccccc65)cc4)n3)cc2)c2ccccc21. The van der Waals surface area contributed by atoms with E-state index in [2.05, 4.69) is 187 Å². The van der Waals surface area contributed by atoms with Crippen LogP contribution in [0, 0.1) is 0 Å². The van der Waals surface area contributed by atoms with Gasteiger partial charge in [-0.2, -0.15) is 4.98 Å². The van der Waals surface area contributed by atoms with E-state index in [1.54, 1.807) is 0 Å². The number of benzene rings is 6. The van der Waals surface area contributed by atoms with E-state index in [1.807, 2.05) is 0 Å². The van der Waals surface area contributed by atoms with Crippen LogP contribution in [0.15, 0.2) is 150 Å². The fourth-order valence-electron chi connectivity index (χ4n) is 7.87. The van der Waals surface area contributed by atoms with Gasteiger partial charge in [0.2, 0.25) is 5.82 Å². The molecular weight excluding hydrogens is 633 g/mol.